The summed E-state index contributed by atoms with van der Waals surface area (Å²) in [6.07, 6.45) is 3.55. The largest absolute Gasteiger partial charge is 0.481 e. The highest BCUT2D eigenvalue weighted by Gasteiger charge is 2.35. The molecule has 4 N–H and O–H groups in total. The molecule has 21 heavy (non-hydrogen) atoms. The highest BCUT2D eigenvalue weighted by molar-refractivity contribution is 5.71. The van der Waals surface area contributed by atoms with Gasteiger partial charge in [-0.1, -0.05) is 19.1 Å². The maximum Gasteiger partial charge on any atom is 0.307 e. The third kappa shape index (κ3) is 3.50. The van der Waals surface area contributed by atoms with Gasteiger partial charge in [-0.25, -0.2) is 9.97 Å². The van der Waals surface area contributed by atoms with Crippen molar-refractivity contribution >= 4 is 11.9 Å². The highest BCUT2D eigenvalue weighted by atomic mass is 16.4. The Morgan fingerprint density at radius 1 is 1.38 bits per heavy atom. The number of nitrogens with zero attached hydrogens (tertiary/aromatic N) is 5. The van der Waals surface area contributed by atoms with E-state index in [9.17, 15) is 9.90 Å². The number of aromatic amines is 1. The molecule has 0 bridgehead atoms. The SMILES string of the molecule is CC(C)C(C(=O)O)C(Cc1cnc(N)nc1)c1nn[nH]n1. The first-order valence-electron chi connectivity index (χ1n) is 6.51. The van der Waals surface area contributed by atoms with Crippen LogP contribution in [0.2, 0.25) is 0 Å². The van der Waals surface area contributed by atoms with Gasteiger partial charge in [0.15, 0.2) is 5.82 Å². The number of carboxylic acid groups (broad SMARTS) is 1. The molecule has 0 radical (unpaired) electrons. The van der Waals surface area contributed by atoms with Crippen LogP contribution in [-0.2, 0) is 11.2 Å². The molecule has 0 aliphatic rings. The third-order valence-corrected chi connectivity index (χ3v) is 3.31. The minimum atomic E-state index is -0.892. The first kappa shape index (κ1) is 14.8. The molecule has 0 amide bonds. The molecule has 2 aromatic heterocycles. The molecule has 2 aromatic rings. The number of tetrazole rings is 1. The van der Waals surface area contributed by atoms with Gasteiger partial charge in [0.25, 0.3) is 0 Å². The number of rotatable bonds is 6. The van der Waals surface area contributed by atoms with E-state index in [1.165, 1.54) is 0 Å². The second-order valence-electron chi connectivity index (χ2n) is 5.14. The molecule has 2 heterocycles. The number of nitrogen functional groups attached to an aromatic ring is 1. The summed E-state index contributed by atoms with van der Waals surface area (Å²) in [5.74, 6) is -1.49. The lowest BCUT2D eigenvalue weighted by Gasteiger charge is -2.24. The van der Waals surface area contributed by atoms with Gasteiger partial charge >= 0.3 is 5.97 Å². The lowest BCUT2D eigenvalue weighted by Crippen LogP contribution is -2.29. The van der Waals surface area contributed by atoms with Crippen molar-refractivity contribution in [3.8, 4) is 0 Å². The van der Waals surface area contributed by atoms with E-state index in [2.05, 4.69) is 30.6 Å². The summed E-state index contributed by atoms with van der Waals surface area (Å²) in [5.41, 5.74) is 6.22. The van der Waals surface area contributed by atoms with Gasteiger partial charge in [0.2, 0.25) is 5.95 Å². The van der Waals surface area contributed by atoms with E-state index in [0.717, 1.165) is 5.56 Å². The molecule has 0 fully saturated rings. The Morgan fingerprint density at radius 2 is 2.05 bits per heavy atom. The number of anilines is 1. The number of hydrogen-bond acceptors (Lipinski definition) is 7. The lowest BCUT2D eigenvalue weighted by atomic mass is 9.80. The molecule has 0 aliphatic heterocycles. The molecular formula is C12H17N7O2. The molecule has 0 aliphatic carbocycles. The summed E-state index contributed by atoms with van der Waals surface area (Å²) in [7, 11) is 0. The van der Waals surface area contributed by atoms with Gasteiger partial charge in [0.1, 0.15) is 0 Å². The van der Waals surface area contributed by atoms with Crippen molar-refractivity contribution in [1.82, 2.24) is 30.6 Å². The highest BCUT2D eigenvalue weighted by Crippen LogP contribution is 2.31. The van der Waals surface area contributed by atoms with Crippen molar-refractivity contribution in [3.63, 3.8) is 0 Å². The summed E-state index contributed by atoms with van der Waals surface area (Å²) in [6.45, 7) is 3.71. The maximum atomic E-state index is 11.6. The number of carbonyl (C=O) groups is 1. The second-order valence-corrected chi connectivity index (χ2v) is 5.14. The van der Waals surface area contributed by atoms with Crippen LogP contribution < -0.4 is 5.73 Å². The Balaban J connectivity index is 2.32. The molecule has 0 saturated carbocycles. The molecule has 2 rings (SSSR count). The molecule has 9 heteroatoms. The number of aliphatic carboxylic acids is 1. The second kappa shape index (κ2) is 6.25. The minimum absolute atomic E-state index is 0.0827. The third-order valence-electron chi connectivity index (χ3n) is 3.31. The molecule has 2 unspecified atom stereocenters. The molecular weight excluding hydrogens is 274 g/mol. The van der Waals surface area contributed by atoms with Crippen molar-refractivity contribution in [3.05, 3.63) is 23.8 Å². The van der Waals surface area contributed by atoms with Crippen LogP contribution in [0.4, 0.5) is 5.95 Å². The van der Waals surface area contributed by atoms with Gasteiger partial charge in [-0.3, -0.25) is 4.79 Å². The fraction of sp³-hybridized carbons (Fsp3) is 0.500. The van der Waals surface area contributed by atoms with Crippen LogP contribution in [0, 0.1) is 11.8 Å². The Bertz CT molecular complexity index is 582. The Hall–Kier alpha value is -2.58. The maximum absolute atomic E-state index is 11.6. The smallest absolute Gasteiger partial charge is 0.307 e. The summed E-state index contributed by atoms with van der Waals surface area (Å²) in [5, 5.41) is 23.3. The summed E-state index contributed by atoms with van der Waals surface area (Å²) < 4.78 is 0. The van der Waals surface area contributed by atoms with Crippen molar-refractivity contribution in [1.29, 1.82) is 0 Å². The number of carboxylic acids is 1. The van der Waals surface area contributed by atoms with Crippen LogP contribution in [0.3, 0.4) is 0 Å². The average molecular weight is 291 g/mol. The summed E-state index contributed by atoms with van der Waals surface area (Å²) in [6, 6.07) is 0. The van der Waals surface area contributed by atoms with Crippen LogP contribution in [0.15, 0.2) is 12.4 Å². The fourth-order valence-electron chi connectivity index (χ4n) is 2.35. The van der Waals surface area contributed by atoms with E-state index in [1.807, 2.05) is 13.8 Å². The molecule has 9 nitrogen and oxygen atoms in total. The summed E-state index contributed by atoms with van der Waals surface area (Å²) >= 11 is 0. The number of H-pyrrole nitrogens is 1. The van der Waals surface area contributed by atoms with E-state index < -0.39 is 17.8 Å². The first-order valence-corrected chi connectivity index (χ1v) is 6.51. The van der Waals surface area contributed by atoms with E-state index >= 15 is 0 Å². The quantitative estimate of drug-likeness (QED) is 0.687. The first-order chi connectivity index (χ1) is 9.99. The average Bonchev–Trinajstić information content (AvgIpc) is 2.93. The fourth-order valence-corrected chi connectivity index (χ4v) is 2.35. The van der Waals surface area contributed by atoms with Crippen molar-refractivity contribution in [2.24, 2.45) is 11.8 Å². The van der Waals surface area contributed by atoms with Gasteiger partial charge in [-0.05, 0) is 17.9 Å². The normalized spacial score (nSPS) is 14.0. The van der Waals surface area contributed by atoms with E-state index in [1.54, 1.807) is 12.4 Å². The van der Waals surface area contributed by atoms with Gasteiger partial charge < -0.3 is 10.8 Å². The van der Waals surface area contributed by atoms with Crippen molar-refractivity contribution < 1.29 is 9.90 Å². The van der Waals surface area contributed by atoms with Crippen LogP contribution in [0.5, 0.6) is 0 Å². The molecule has 0 aromatic carbocycles. The van der Waals surface area contributed by atoms with Crippen molar-refractivity contribution in [2.45, 2.75) is 26.2 Å². The predicted molar refractivity (Wildman–Crippen MR) is 73.0 cm³/mol. The van der Waals surface area contributed by atoms with Crippen LogP contribution in [0.25, 0.3) is 0 Å². The number of aromatic nitrogens is 6. The zero-order valence-corrected chi connectivity index (χ0v) is 11.8. The molecule has 112 valence electrons. The molecule has 0 spiro atoms. The lowest BCUT2D eigenvalue weighted by molar-refractivity contribution is -0.144. The predicted octanol–water partition coefficient (Wildman–Crippen LogP) is 0.255. The van der Waals surface area contributed by atoms with Crippen LogP contribution in [-0.4, -0.2) is 41.7 Å². The monoisotopic (exact) mass is 291 g/mol. The number of nitrogens with two attached hydrogens (primary N) is 1. The summed E-state index contributed by atoms with van der Waals surface area (Å²) in [4.78, 5) is 19.4. The molecule has 0 saturated heterocycles. The van der Waals surface area contributed by atoms with E-state index in [0.29, 0.717) is 12.2 Å². The Kier molecular flexibility index (Phi) is 4.41. The van der Waals surface area contributed by atoms with Crippen LogP contribution >= 0.6 is 0 Å². The van der Waals surface area contributed by atoms with E-state index in [4.69, 9.17) is 5.73 Å². The molecule has 2 atom stereocenters. The van der Waals surface area contributed by atoms with Crippen LogP contribution in [0.1, 0.15) is 31.2 Å². The number of hydrogen-bond donors (Lipinski definition) is 3. The van der Waals surface area contributed by atoms with Gasteiger partial charge in [0, 0.05) is 18.3 Å². The minimum Gasteiger partial charge on any atom is -0.481 e. The zero-order valence-electron chi connectivity index (χ0n) is 11.8. The topological polar surface area (TPSA) is 144 Å². The standard InChI is InChI=1S/C12H17N7O2/c1-6(2)9(11(20)21)8(10-16-18-19-17-10)3-7-4-14-12(13)15-5-7/h4-6,8-9H,3H2,1-2H3,(H,20,21)(H2,13,14,15)(H,16,17,18,19). The Labute approximate surface area is 121 Å². The number of nitrogens with one attached hydrogen (secondary N) is 1. The van der Waals surface area contributed by atoms with Crippen molar-refractivity contribution in [2.75, 3.05) is 5.73 Å². The van der Waals surface area contributed by atoms with Gasteiger partial charge in [-0.2, -0.15) is 5.21 Å². The van der Waals surface area contributed by atoms with Gasteiger partial charge in [-0.15, -0.1) is 10.2 Å². The zero-order chi connectivity index (χ0) is 15.4. The Morgan fingerprint density at radius 3 is 2.52 bits per heavy atom. The van der Waals surface area contributed by atoms with E-state index in [-0.39, 0.29) is 11.9 Å². The van der Waals surface area contributed by atoms with Gasteiger partial charge in [0.05, 0.1) is 5.92 Å².